The average Bonchev–Trinajstić information content (AvgIpc) is 2.62. The first-order chi connectivity index (χ1) is 13.9. The highest BCUT2D eigenvalue weighted by molar-refractivity contribution is 5.93. The molecular weight excluding hydrogens is 366 g/mol. The number of benzene rings is 2. The second kappa shape index (κ2) is 8.95. The number of fused-ring (bicyclic) bond motifs is 1. The van der Waals surface area contributed by atoms with Gasteiger partial charge in [0.2, 0.25) is 0 Å². The Hall–Kier alpha value is -3.08. The molecule has 0 aliphatic rings. The Morgan fingerprint density at radius 3 is 2.38 bits per heavy atom. The summed E-state index contributed by atoms with van der Waals surface area (Å²) in [4.78, 5) is 24.4. The zero-order valence-electron chi connectivity index (χ0n) is 17.4. The van der Waals surface area contributed by atoms with Crippen LogP contribution in [0.15, 0.2) is 45.6 Å². The molecule has 0 radical (unpaired) electrons. The van der Waals surface area contributed by atoms with Gasteiger partial charge < -0.3 is 14.5 Å². The molecule has 0 saturated heterocycles. The van der Waals surface area contributed by atoms with Crippen molar-refractivity contribution in [1.29, 1.82) is 0 Å². The summed E-state index contributed by atoms with van der Waals surface area (Å²) in [6.45, 7) is 7.86. The van der Waals surface area contributed by atoms with Crippen LogP contribution in [0.3, 0.4) is 0 Å². The van der Waals surface area contributed by atoms with Gasteiger partial charge in [0, 0.05) is 11.8 Å². The van der Waals surface area contributed by atoms with Crippen molar-refractivity contribution in [2.75, 3.05) is 11.9 Å². The van der Waals surface area contributed by atoms with E-state index >= 15 is 0 Å². The second-order valence-corrected chi connectivity index (χ2v) is 7.54. The Morgan fingerprint density at radius 2 is 1.69 bits per heavy atom. The van der Waals surface area contributed by atoms with Crippen LogP contribution in [0, 0.1) is 20.8 Å². The zero-order valence-corrected chi connectivity index (χ0v) is 17.4. The predicted octanol–water partition coefficient (Wildman–Crippen LogP) is 5.08. The van der Waals surface area contributed by atoms with Crippen LogP contribution in [0.1, 0.15) is 42.0 Å². The minimum Gasteiger partial charge on any atom is -0.483 e. The summed E-state index contributed by atoms with van der Waals surface area (Å²) >= 11 is 0. The van der Waals surface area contributed by atoms with Crippen molar-refractivity contribution in [1.82, 2.24) is 0 Å². The second-order valence-electron chi connectivity index (χ2n) is 7.54. The van der Waals surface area contributed by atoms with E-state index in [9.17, 15) is 9.59 Å². The normalized spacial score (nSPS) is 10.9. The molecule has 1 N–H and O–H groups in total. The molecule has 5 heteroatoms. The minimum atomic E-state index is -0.368. The van der Waals surface area contributed by atoms with E-state index in [4.69, 9.17) is 9.15 Å². The van der Waals surface area contributed by atoms with E-state index in [0.717, 1.165) is 52.6 Å². The Balaban J connectivity index is 1.85. The highest BCUT2D eigenvalue weighted by Crippen LogP contribution is 2.30. The van der Waals surface area contributed by atoms with Crippen LogP contribution in [0.4, 0.5) is 5.69 Å². The van der Waals surface area contributed by atoms with Crippen molar-refractivity contribution in [3.8, 4) is 5.75 Å². The number of hydrogen-bond acceptors (Lipinski definition) is 4. The molecule has 0 bridgehead atoms. The Morgan fingerprint density at radius 1 is 1.00 bits per heavy atom. The fourth-order valence-corrected chi connectivity index (χ4v) is 3.54. The number of anilines is 1. The van der Waals surface area contributed by atoms with Crippen LogP contribution in [0.2, 0.25) is 0 Å². The topological polar surface area (TPSA) is 68.5 Å². The summed E-state index contributed by atoms with van der Waals surface area (Å²) in [6, 6.07) is 11.1. The molecule has 152 valence electrons. The summed E-state index contributed by atoms with van der Waals surface area (Å²) in [5, 5.41) is 3.64. The summed E-state index contributed by atoms with van der Waals surface area (Å²) in [7, 11) is 0. The number of nitrogens with one attached hydrogen (secondary N) is 1. The van der Waals surface area contributed by atoms with E-state index in [1.165, 1.54) is 6.07 Å². The molecule has 29 heavy (non-hydrogen) atoms. The molecule has 0 atom stereocenters. The lowest BCUT2D eigenvalue weighted by Crippen LogP contribution is -2.20. The van der Waals surface area contributed by atoms with Gasteiger partial charge in [-0.25, -0.2) is 4.79 Å². The van der Waals surface area contributed by atoms with Crippen molar-refractivity contribution >= 4 is 22.6 Å². The number of ether oxygens (including phenoxy) is 1. The van der Waals surface area contributed by atoms with Gasteiger partial charge in [0.05, 0.1) is 5.39 Å². The number of aryl methyl sites for hydroxylation is 4. The summed E-state index contributed by atoms with van der Waals surface area (Å²) < 4.78 is 11.3. The van der Waals surface area contributed by atoms with Crippen LogP contribution in [0.25, 0.3) is 11.0 Å². The summed E-state index contributed by atoms with van der Waals surface area (Å²) in [6.07, 6.45) is 2.73. The lowest BCUT2D eigenvalue weighted by molar-refractivity contribution is -0.118. The van der Waals surface area contributed by atoms with E-state index in [-0.39, 0.29) is 18.1 Å². The molecule has 2 aromatic carbocycles. The summed E-state index contributed by atoms with van der Waals surface area (Å²) in [5.74, 6) is 0.322. The van der Waals surface area contributed by atoms with E-state index < -0.39 is 0 Å². The van der Waals surface area contributed by atoms with Crippen LogP contribution in [-0.4, -0.2) is 12.5 Å². The molecule has 5 nitrogen and oxygen atoms in total. The first-order valence-electron chi connectivity index (χ1n) is 9.94. The molecule has 3 aromatic rings. The van der Waals surface area contributed by atoms with Crippen molar-refractivity contribution in [3.05, 3.63) is 69.1 Å². The molecule has 0 aliphatic heterocycles. The molecular formula is C24H27NO4. The Labute approximate surface area is 170 Å². The van der Waals surface area contributed by atoms with Gasteiger partial charge in [-0.1, -0.05) is 19.4 Å². The zero-order chi connectivity index (χ0) is 21.0. The fourth-order valence-electron chi connectivity index (χ4n) is 3.54. The maximum atomic E-state index is 12.4. The lowest BCUT2D eigenvalue weighted by Gasteiger charge is -2.13. The third kappa shape index (κ3) is 5.25. The number of unbranched alkanes of at least 4 members (excludes halogenated alkanes) is 1. The number of rotatable bonds is 7. The van der Waals surface area contributed by atoms with Crippen molar-refractivity contribution in [2.24, 2.45) is 0 Å². The smallest absolute Gasteiger partial charge is 0.336 e. The highest BCUT2D eigenvalue weighted by atomic mass is 16.5. The van der Waals surface area contributed by atoms with Crippen LogP contribution in [-0.2, 0) is 11.2 Å². The third-order valence-corrected chi connectivity index (χ3v) is 4.70. The number of amides is 1. The molecule has 0 spiro atoms. The Bertz CT molecular complexity index is 1080. The van der Waals surface area contributed by atoms with E-state index in [0.29, 0.717) is 11.3 Å². The average molecular weight is 393 g/mol. The van der Waals surface area contributed by atoms with Crippen LogP contribution in [0.5, 0.6) is 5.75 Å². The van der Waals surface area contributed by atoms with E-state index in [1.54, 1.807) is 0 Å². The monoisotopic (exact) mass is 393 g/mol. The molecule has 0 unspecified atom stereocenters. The SMILES string of the molecule is CCCCc1cc(=O)oc2cc(C)cc(OCC(=O)Nc3cc(C)cc(C)c3)c12. The van der Waals surface area contributed by atoms with Crippen LogP contribution < -0.4 is 15.7 Å². The van der Waals surface area contributed by atoms with Gasteiger partial charge in [-0.2, -0.15) is 0 Å². The first kappa shape index (κ1) is 20.6. The highest BCUT2D eigenvalue weighted by Gasteiger charge is 2.14. The lowest BCUT2D eigenvalue weighted by atomic mass is 10.0. The van der Waals surface area contributed by atoms with Crippen molar-refractivity contribution in [2.45, 2.75) is 47.0 Å². The number of carbonyl (C=O) groups is 1. The van der Waals surface area contributed by atoms with Crippen LogP contribution >= 0.6 is 0 Å². The van der Waals surface area contributed by atoms with E-state index in [2.05, 4.69) is 18.3 Å². The fraction of sp³-hybridized carbons (Fsp3) is 0.333. The van der Waals surface area contributed by atoms with Crippen molar-refractivity contribution in [3.63, 3.8) is 0 Å². The number of hydrogen-bond donors (Lipinski definition) is 1. The predicted molar refractivity (Wildman–Crippen MR) is 116 cm³/mol. The quantitative estimate of drug-likeness (QED) is 0.569. The van der Waals surface area contributed by atoms with E-state index in [1.807, 2.05) is 45.0 Å². The standard InChI is InChI=1S/C24H27NO4/c1-5-6-7-18-13-23(27)29-21-12-17(4)11-20(24(18)21)28-14-22(26)25-19-9-15(2)8-16(3)10-19/h8-13H,5-7,14H2,1-4H3,(H,25,26). The molecule has 0 fully saturated rings. The van der Waals surface area contributed by atoms with Crippen molar-refractivity contribution < 1.29 is 13.9 Å². The largest absolute Gasteiger partial charge is 0.483 e. The molecule has 1 aromatic heterocycles. The number of carbonyl (C=O) groups excluding carboxylic acids is 1. The third-order valence-electron chi connectivity index (χ3n) is 4.70. The molecule has 1 heterocycles. The van der Waals surface area contributed by atoms with Gasteiger partial charge in [-0.15, -0.1) is 0 Å². The van der Waals surface area contributed by atoms with Gasteiger partial charge in [0.1, 0.15) is 11.3 Å². The maximum absolute atomic E-state index is 12.4. The first-order valence-corrected chi connectivity index (χ1v) is 9.94. The Kier molecular flexibility index (Phi) is 6.37. The van der Waals surface area contributed by atoms with Gasteiger partial charge in [-0.05, 0) is 80.1 Å². The summed E-state index contributed by atoms with van der Waals surface area (Å²) in [5.41, 5.74) is 4.84. The molecule has 0 saturated carbocycles. The van der Waals surface area contributed by atoms with Gasteiger partial charge in [0.15, 0.2) is 6.61 Å². The minimum absolute atomic E-state index is 0.127. The molecule has 3 rings (SSSR count). The maximum Gasteiger partial charge on any atom is 0.336 e. The van der Waals surface area contributed by atoms with Gasteiger partial charge in [-0.3, -0.25) is 4.79 Å². The van der Waals surface area contributed by atoms with Gasteiger partial charge >= 0.3 is 5.63 Å². The van der Waals surface area contributed by atoms with Gasteiger partial charge in [0.25, 0.3) is 5.91 Å². The molecule has 1 amide bonds. The molecule has 0 aliphatic carbocycles.